The summed E-state index contributed by atoms with van der Waals surface area (Å²) < 4.78 is 5.95. The van der Waals surface area contributed by atoms with Gasteiger partial charge in [0.15, 0.2) is 5.69 Å². The van der Waals surface area contributed by atoms with Crippen molar-refractivity contribution < 1.29 is 9.42 Å². The Morgan fingerprint density at radius 3 is 2.53 bits per heavy atom. The molecule has 4 rings (SSSR count). The summed E-state index contributed by atoms with van der Waals surface area (Å²) in [4.78, 5) is 12.9. The van der Waals surface area contributed by atoms with Gasteiger partial charge in [0, 0.05) is 10.6 Å². The van der Waals surface area contributed by atoms with Gasteiger partial charge in [-0.3, -0.25) is 4.79 Å². The number of nitrogens with one attached hydrogen (secondary N) is 1. The first-order valence-corrected chi connectivity index (χ1v) is 9.12. The van der Waals surface area contributed by atoms with Crippen molar-refractivity contribution in [2.24, 2.45) is 5.10 Å². The van der Waals surface area contributed by atoms with Gasteiger partial charge in [-0.05, 0) is 34.9 Å². The molecule has 2 aromatic carbocycles. The van der Waals surface area contributed by atoms with Gasteiger partial charge in [-0.2, -0.15) is 9.78 Å². The van der Waals surface area contributed by atoms with Gasteiger partial charge in [-0.1, -0.05) is 59.3 Å². The molecule has 2 aromatic heterocycles. The molecule has 0 bridgehead atoms. The van der Waals surface area contributed by atoms with E-state index in [1.54, 1.807) is 43.3 Å². The molecule has 0 saturated carbocycles. The van der Waals surface area contributed by atoms with E-state index in [-0.39, 0.29) is 17.3 Å². The minimum Gasteiger partial charge on any atom is -0.378 e. The van der Waals surface area contributed by atoms with Crippen LogP contribution in [-0.4, -0.2) is 36.9 Å². The van der Waals surface area contributed by atoms with E-state index < -0.39 is 5.91 Å². The predicted octanol–water partition coefficient (Wildman–Crippen LogP) is 2.71. The van der Waals surface area contributed by atoms with Gasteiger partial charge in [0.25, 0.3) is 5.91 Å². The SMILES string of the molecule is C/C(=N/NC(=O)c1nnn(-c2nonc2N)c1-c1ccccc1)c1ccc(Cl)cc1. The lowest BCUT2D eigenvalue weighted by atomic mass is 10.1. The Balaban J connectivity index is 1.69. The monoisotopic (exact) mass is 422 g/mol. The highest BCUT2D eigenvalue weighted by Crippen LogP contribution is 2.26. The van der Waals surface area contributed by atoms with Crippen LogP contribution in [0.4, 0.5) is 5.82 Å². The maximum Gasteiger partial charge on any atom is 0.294 e. The number of rotatable bonds is 5. The summed E-state index contributed by atoms with van der Waals surface area (Å²) in [6.45, 7) is 1.76. The molecule has 0 atom stereocenters. The van der Waals surface area contributed by atoms with Gasteiger partial charge in [0.2, 0.25) is 11.6 Å². The molecule has 2 heterocycles. The van der Waals surface area contributed by atoms with Crippen LogP contribution < -0.4 is 11.2 Å². The predicted molar refractivity (Wildman–Crippen MR) is 110 cm³/mol. The van der Waals surface area contributed by atoms with Crippen LogP contribution >= 0.6 is 11.6 Å². The number of hydrogen-bond acceptors (Lipinski definition) is 8. The van der Waals surface area contributed by atoms with Crippen molar-refractivity contribution in [2.75, 3.05) is 5.73 Å². The number of benzene rings is 2. The van der Waals surface area contributed by atoms with Gasteiger partial charge in [-0.15, -0.1) is 5.10 Å². The summed E-state index contributed by atoms with van der Waals surface area (Å²) in [6, 6.07) is 16.2. The minimum absolute atomic E-state index is 0.0145. The maximum atomic E-state index is 12.9. The molecule has 30 heavy (non-hydrogen) atoms. The highest BCUT2D eigenvalue weighted by molar-refractivity contribution is 6.30. The molecule has 0 radical (unpaired) electrons. The van der Waals surface area contributed by atoms with E-state index in [2.05, 4.69) is 35.8 Å². The smallest absolute Gasteiger partial charge is 0.294 e. The zero-order valence-corrected chi connectivity index (χ0v) is 16.4. The average Bonchev–Trinajstić information content (AvgIpc) is 3.38. The van der Waals surface area contributed by atoms with E-state index in [9.17, 15) is 4.79 Å². The fourth-order valence-corrected chi connectivity index (χ4v) is 2.85. The van der Waals surface area contributed by atoms with Gasteiger partial charge in [0.05, 0.1) is 5.71 Å². The number of hydrogen-bond donors (Lipinski definition) is 2. The van der Waals surface area contributed by atoms with E-state index in [1.807, 2.05) is 18.2 Å². The van der Waals surface area contributed by atoms with E-state index >= 15 is 0 Å². The van der Waals surface area contributed by atoms with Crippen LogP contribution in [0, 0.1) is 0 Å². The molecule has 0 saturated heterocycles. The van der Waals surface area contributed by atoms with Gasteiger partial charge < -0.3 is 5.73 Å². The zero-order valence-electron chi connectivity index (χ0n) is 15.7. The zero-order chi connectivity index (χ0) is 21.1. The van der Waals surface area contributed by atoms with Crippen molar-refractivity contribution >= 4 is 29.0 Å². The number of aromatic nitrogens is 5. The van der Waals surface area contributed by atoms with Crippen molar-refractivity contribution in [2.45, 2.75) is 6.92 Å². The lowest BCUT2D eigenvalue weighted by Crippen LogP contribution is -2.21. The van der Waals surface area contributed by atoms with Gasteiger partial charge >= 0.3 is 0 Å². The number of amides is 1. The Morgan fingerprint density at radius 1 is 1.13 bits per heavy atom. The third kappa shape index (κ3) is 3.76. The molecular weight excluding hydrogens is 408 g/mol. The van der Waals surface area contributed by atoms with Gasteiger partial charge in [0.1, 0.15) is 5.69 Å². The van der Waals surface area contributed by atoms with Crippen LogP contribution in [0.25, 0.3) is 17.1 Å². The summed E-state index contributed by atoms with van der Waals surface area (Å²) in [6.07, 6.45) is 0. The maximum absolute atomic E-state index is 12.9. The van der Waals surface area contributed by atoms with E-state index in [0.717, 1.165) is 5.56 Å². The molecule has 0 aliphatic rings. The number of nitrogen functional groups attached to an aromatic ring is 1. The lowest BCUT2D eigenvalue weighted by Gasteiger charge is -2.06. The number of anilines is 1. The first-order valence-electron chi connectivity index (χ1n) is 8.74. The first kappa shape index (κ1) is 19.3. The van der Waals surface area contributed by atoms with E-state index in [0.29, 0.717) is 22.0 Å². The molecule has 3 N–H and O–H groups in total. The number of carbonyl (C=O) groups excluding carboxylic acids is 1. The van der Waals surface area contributed by atoms with Crippen molar-refractivity contribution in [3.63, 3.8) is 0 Å². The fourth-order valence-electron chi connectivity index (χ4n) is 2.72. The molecule has 0 fully saturated rings. The van der Waals surface area contributed by atoms with Gasteiger partial charge in [-0.25, -0.2) is 10.1 Å². The third-order valence-electron chi connectivity index (χ3n) is 4.22. The first-order chi connectivity index (χ1) is 14.5. The van der Waals surface area contributed by atoms with Crippen molar-refractivity contribution in [3.8, 4) is 17.1 Å². The van der Waals surface area contributed by atoms with Crippen LogP contribution in [-0.2, 0) is 0 Å². The van der Waals surface area contributed by atoms with Crippen molar-refractivity contribution in [3.05, 3.63) is 70.9 Å². The molecule has 0 spiro atoms. The lowest BCUT2D eigenvalue weighted by molar-refractivity contribution is 0.0950. The highest BCUT2D eigenvalue weighted by atomic mass is 35.5. The van der Waals surface area contributed by atoms with E-state index in [4.69, 9.17) is 17.3 Å². The number of carbonyl (C=O) groups is 1. The second kappa shape index (κ2) is 8.13. The van der Waals surface area contributed by atoms with E-state index in [1.165, 1.54) is 4.68 Å². The summed E-state index contributed by atoms with van der Waals surface area (Å²) in [5.74, 6) is -0.412. The molecule has 150 valence electrons. The number of hydrazone groups is 1. The third-order valence-corrected chi connectivity index (χ3v) is 4.47. The second-order valence-corrected chi connectivity index (χ2v) is 6.62. The number of halogens is 1. The van der Waals surface area contributed by atoms with Crippen LogP contribution in [0.3, 0.4) is 0 Å². The molecule has 1 amide bonds. The summed E-state index contributed by atoms with van der Waals surface area (Å²) in [7, 11) is 0. The Bertz CT molecular complexity index is 1220. The second-order valence-electron chi connectivity index (χ2n) is 6.18. The Morgan fingerprint density at radius 2 is 1.87 bits per heavy atom. The quantitative estimate of drug-likeness (QED) is 0.372. The number of nitrogens with zero attached hydrogens (tertiary/aromatic N) is 6. The summed E-state index contributed by atoms with van der Waals surface area (Å²) in [5.41, 5.74) is 10.8. The molecule has 0 unspecified atom stereocenters. The van der Waals surface area contributed by atoms with Crippen LogP contribution in [0.15, 0.2) is 64.3 Å². The molecule has 11 heteroatoms. The Labute approximate surface area is 175 Å². The van der Waals surface area contributed by atoms with Crippen LogP contribution in [0.5, 0.6) is 0 Å². The molecule has 4 aromatic rings. The topological polar surface area (TPSA) is 137 Å². The summed E-state index contributed by atoms with van der Waals surface area (Å²) >= 11 is 5.90. The Kier molecular flexibility index (Phi) is 5.22. The molecular formula is C19H15ClN8O2. The Hall–Kier alpha value is -4.05. The molecule has 0 aliphatic carbocycles. The van der Waals surface area contributed by atoms with Crippen molar-refractivity contribution in [1.82, 2.24) is 30.7 Å². The normalized spacial score (nSPS) is 11.5. The van der Waals surface area contributed by atoms with Crippen molar-refractivity contribution in [1.29, 1.82) is 0 Å². The van der Waals surface area contributed by atoms with Crippen LogP contribution in [0.2, 0.25) is 5.02 Å². The number of nitrogens with two attached hydrogens (primary N) is 1. The average molecular weight is 423 g/mol. The molecule has 10 nitrogen and oxygen atoms in total. The highest BCUT2D eigenvalue weighted by Gasteiger charge is 2.25. The minimum atomic E-state index is -0.552. The van der Waals surface area contributed by atoms with Crippen LogP contribution in [0.1, 0.15) is 23.0 Å². The molecule has 0 aliphatic heterocycles. The standard InChI is InChI=1S/C19H15ClN8O2/c1-11(12-7-9-14(20)10-8-12)22-24-19(29)15-16(13-5-3-2-4-6-13)28(27-23-15)18-17(21)25-30-26-18/h2-10H,1H3,(H2,21,25)(H,24,29)/b22-11-. The summed E-state index contributed by atoms with van der Waals surface area (Å²) in [5, 5.41) is 20.1. The largest absolute Gasteiger partial charge is 0.378 e. The fraction of sp³-hybridized carbons (Fsp3) is 0.0526.